The van der Waals surface area contributed by atoms with Crippen LogP contribution in [0.25, 0.3) is 0 Å². The topological polar surface area (TPSA) is 76.2 Å². The van der Waals surface area contributed by atoms with E-state index in [1.165, 1.54) is 0 Å². The Morgan fingerprint density at radius 3 is 2.40 bits per heavy atom. The number of nitrogens with one attached hydrogen (secondary N) is 1. The Labute approximate surface area is 121 Å². The summed E-state index contributed by atoms with van der Waals surface area (Å²) in [6.45, 7) is 8.97. The lowest BCUT2D eigenvalue weighted by Crippen LogP contribution is -2.46. The fourth-order valence-electron chi connectivity index (χ4n) is 2.07. The van der Waals surface area contributed by atoms with Crippen molar-refractivity contribution in [3.8, 4) is 0 Å². The Kier molecular flexibility index (Phi) is 5.56. The van der Waals surface area contributed by atoms with Crippen molar-refractivity contribution >= 4 is 11.6 Å². The molecule has 0 bridgehead atoms. The number of anilines is 1. The van der Waals surface area contributed by atoms with Gasteiger partial charge < -0.3 is 16.0 Å². The number of hydrogen-bond acceptors (Lipinski definition) is 4. The number of hydrogen-bond donors (Lipinski definition) is 2. The van der Waals surface area contributed by atoms with Crippen LogP contribution in [0.1, 0.15) is 25.2 Å². The zero-order chi connectivity index (χ0) is 15.4. The van der Waals surface area contributed by atoms with E-state index in [0.717, 1.165) is 17.9 Å². The third-order valence-corrected chi connectivity index (χ3v) is 3.44. The van der Waals surface area contributed by atoms with Crippen molar-refractivity contribution in [1.82, 2.24) is 20.0 Å². The lowest BCUT2D eigenvalue weighted by Gasteiger charge is -2.25. The molecule has 1 rings (SSSR count). The second-order valence-electron chi connectivity index (χ2n) is 5.92. The van der Waals surface area contributed by atoms with Gasteiger partial charge in [0.2, 0.25) is 5.91 Å². The largest absolute Gasteiger partial charge is 0.396 e. The monoisotopic (exact) mass is 281 g/mol. The molecular weight excluding hydrogens is 254 g/mol. The highest BCUT2D eigenvalue weighted by Gasteiger charge is 2.18. The van der Waals surface area contributed by atoms with Gasteiger partial charge in [-0.25, -0.2) is 0 Å². The van der Waals surface area contributed by atoms with Gasteiger partial charge >= 0.3 is 0 Å². The van der Waals surface area contributed by atoms with Gasteiger partial charge in [0.15, 0.2) is 0 Å². The predicted octanol–water partition coefficient (Wildman–Crippen LogP) is 0.785. The van der Waals surface area contributed by atoms with Crippen LogP contribution in [0.3, 0.4) is 0 Å². The summed E-state index contributed by atoms with van der Waals surface area (Å²) in [6, 6.07) is 0.131. The number of nitrogens with zero attached hydrogens (tertiary/aromatic N) is 3. The van der Waals surface area contributed by atoms with Crippen LogP contribution in [0.4, 0.5) is 5.69 Å². The normalized spacial score (nSPS) is 13.0. The number of aromatic nitrogens is 2. The molecule has 0 aromatic carbocycles. The molecule has 6 heteroatoms. The van der Waals surface area contributed by atoms with Gasteiger partial charge in [-0.05, 0) is 33.9 Å². The molecule has 3 N–H and O–H groups in total. The van der Waals surface area contributed by atoms with Gasteiger partial charge in [-0.1, -0.05) is 13.8 Å². The van der Waals surface area contributed by atoms with E-state index in [1.54, 1.807) is 4.68 Å². The van der Waals surface area contributed by atoms with Crippen molar-refractivity contribution in [2.45, 2.75) is 40.3 Å². The maximum Gasteiger partial charge on any atom is 0.242 e. The second-order valence-corrected chi connectivity index (χ2v) is 5.92. The summed E-state index contributed by atoms with van der Waals surface area (Å²) < 4.78 is 1.66. The summed E-state index contributed by atoms with van der Waals surface area (Å²) in [6.07, 6.45) is 0. The molecule has 0 fully saturated rings. The van der Waals surface area contributed by atoms with Crippen molar-refractivity contribution in [1.29, 1.82) is 0 Å². The first-order valence-electron chi connectivity index (χ1n) is 6.96. The van der Waals surface area contributed by atoms with Gasteiger partial charge in [0.1, 0.15) is 6.54 Å². The SMILES string of the molecule is Cc1nn(CC(=O)NC(CN(C)C)C(C)C)c(C)c1N. The van der Waals surface area contributed by atoms with E-state index in [4.69, 9.17) is 5.73 Å². The van der Waals surface area contributed by atoms with E-state index in [0.29, 0.717) is 11.6 Å². The Balaban J connectivity index is 2.68. The second kappa shape index (κ2) is 6.74. The molecule has 1 heterocycles. The molecular formula is C14H27N5O. The Bertz CT molecular complexity index is 464. The van der Waals surface area contributed by atoms with Crippen molar-refractivity contribution in [2.24, 2.45) is 5.92 Å². The molecule has 0 radical (unpaired) electrons. The van der Waals surface area contributed by atoms with E-state index in [-0.39, 0.29) is 18.5 Å². The minimum Gasteiger partial charge on any atom is -0.396 e. The summed E-state index contributed by atoms with van der Waals surface area (Å²) in [7, 11) is 4.01. The van der Waals surface area contributed by atoms with Gasteiger partial charge in [-0.15, -0.1) is 0 Å². The fourth-order valence-corrected chi connectivity index (χ4v) is 2.07. The first-order chi connectivity index (χ1) is 9.22. The van der Waals surface area contributed by atoms with Crippen LogP contribution in [-0.2, 0) is 11.3 Å². The third kappa shape index (κ3) is 4.23. The average Bonchev–Trinajstić information content (AvgIpc) is 2.55. The minimum atomic E-state index is -0.0313. The van der Waals surface area contributed by atoms with E-state index < -0.39 is 0 Å². The molecule has 1 unspecified atom stereocenters. The van der Waals surface area contributed by atoms with Gasteiger partial charge in [0.25, 0.3) is 0 Å². The number of carbonyl (C=O) groups excluding carboxylic acids is 1. The quantitative estimate of drug-likeness (QED) is 0.808. The number of amides is 1. The van der Waals surface area contributed by atoms with Gasteiger partial charge in [-0.3, -0.25) is 9.48 Å². The lowest BCUT2D eigenvalue weighted by molar-refractivity contribution is -0.123. The Morgan fingerprint density at radius 2 is 2.00 bits per heavy atom. The molecule has 1 atom stereocenters. The van der Waals surface area contributed by atoms with Crippen molar-refractivity contribution in [3.63, 3.8) is 0 Å². The van der Waals surface area contributed by atoms with E-state index >= 15 is 0 Å². The van der Waals surface area contributed by atoms with Gasteiger partial charge in [0, 0.05) is 12.6 Å². The summed E-state index contributed by atoms with van der Waals surface area (Å²) in [5.41, 5.74) is 8.14. The van der Waals surface area contributed by atoms with Crippen molar-refractivity contribution in [3.05, 3.63) is 11.4 Å². The molecule has 0 saturated heterocycles. The highest BCUT2D eigenvalue weighted by atomic mass is 16.2. The van der Waals surface area contributed by atoms with Crippen LogP contribution < -0.4 is 11.1 Å². The maximum atomic E-state index is 12.2. The van der Waals surface area contributed by atoms with Crippen LogP contribution in [0, 0.1) is 19.8 Å². The van der Waals surface area contributed by atoms with Crippen molar-refractivity contribution in [2.75, 3.05) is 26.4 Å². The number of likely N-dealkylation sites (N-methyl/N-ethyl adjacent to an activating group) is 1. The maximum absolute atomic E-state index is 12.2. The van der Waals surface area contributed by atoms with Gasteiger partial charge in [0.05, 0.1) is 17.1 Å². The third-order valence-electron chi connectivity index (χ3n) is 3.44. The minimum absolute atomic E-state index is 0.0313. The highest BCUT2D eigenvalue weighted by Crippen LogP contribution is 2.14. The molecule has 20 heavy (non-hydrogen) atoms. The molecule has 1 aromatic heterocycles. The number of nitrogen functional groups attached to an aromatic ring is 1. The Morgan fingerprint density at radius 1 is 1.40 bits per heavy atom. The fraction of sp³-hybridized carbons (Fsp3) is 0.714. The lowest BCUT2D eigenvalue weighted by atomic mass is 10.0. The summed E-state index contributed by atoms with van der Waals surface area (Å²) in [4.78, 5) is 14.2. The van der Waals surface area contributed by atoms with Crippen LogP contribution >= 0.6 is 0 Å². The number of nitrogens with two attached hydrogens (primary N) is 1. The highest BCUT2D eigenvalue weighted by molar-refractivity contribution is 5.76. The molecule has 0 aliphatic heterocycles. The number of aryl methyl sites for hydroxylation is 1. The molecule has 1 amide bonds. The standard InChI is InChI=1S/C14H27N5O/c1-9(2)12(7-18(5)6)16-13(20)8-19-11(4)14(15)10(3)17-19/h9,12H,7-8,15H2,1-6H3,(H,16,20). The van der Waals surface area contributed by atoms with Crippen LogP contribution in [0.5, 0.6) is 0 Å². The average molecular weight is 281 g/mol. The zero-order valence-corrected chi connectivity index (χ0v) is 13.4. The van der Waals surface area contributed by atoms with Crippen molar-refractivity contribution < 1.29 is 4.79 Å². The zero-order valence-electron chi connectivity index (χ0n) is 13.4. The molecule has 0 saturated carbocycles. The van der Waals surface area contributed by atoms with Crippen LogP contribution in [-0.4, -0.2) is 47.3 Å². The molecule has 0 aliphatic rings. The molecule has 0 aliphatic carbocycles. The first kappa shape index (κ1) is 16.5. The van der Waals surface area contributed by atoms with Crippen LogP contribution in [0.2, 0.25) is 0 Å². The van der Waals surface area contributed by atoms with E-state index in [9.17, 15) is 4.79 Å². The molecule has 6 nitrogen and oxygen atoms in total. The van der Waals surface area contributed by atoms with E-state index in [2.05, 4.69) is 29.2 Å². The number of carbonyl (C=O) groups is 1. The summed E-state index contributed by atoms with van der Waals surface area (Å²) >= 11 is 0. The predicted molar refractivity (Wildman–Crippen MR) is 81.4 cm³/mol. The molecule has 1 aromatic rings. The van der Waals surface area contributed by atoms with Crippen LogP contribution in [0.15, 0.2) is 0 Å². The smallest absolute Gasteiger partial charge is 0.242 e. The summed E-state index contributed by atoms with van der Waals surface area (Å²) in [5, 5.41) is 7.35. The number of rotatable bonds is 6. The van der Waals surface area contributed by atoms with Gasteiger partial charge in [-0.2, -0.15) is 5.10 Å². The first-order valence-corrected chi connectivity index (χ1v) is 6.96. The molecule has 0 spiro atoms. The summed E-state index contributed by atoms with van der Waals surface area (Å²) in [5.74, 6) is 0.350. The molecule has 114 valence electrons. The van der Waals surface area contributed by atoms with E-state index in [1.807, 2.05) is 27.9 Å². The Hall–Kier alpha value is -1.56.